The maximum absolute atomic E-state index is 5.89. The lowest BCUT2D eigenvalue weighted by Gasteiger charge is -2.07. The maximum Gasteiger partial charge on any atom is 0.230 e. The Bertz CT molecular complexity index is 1150. The van der Waals surface area contributed by atoms with Gasteiger partial charge in [0.1, 0.15) is 5.75 Å². The van der Waals surface area contributed by atoms with E-state index in [1.807, 2.05) is 54.7 Å². The molecule has 0 aliphatic heterocycles. The number of fused-ring (bicyclic) bond motifs is 1. The van der Waals surface area contributed by atoms with Gasteiger partial charge in [0.25, 0.3) is 0 Å². The summed E-state index contributed by atoms with van der Waals surface area (Å²) >= 11 is 0. The van der Waals surface area contributed by atoms with Gasteiger partial charge in [-0.05, 0) is 53.9 Å². The Morgan fingerprint density at radius 1 is 0.818 bits per heavy atom. The molecule has 33 heavy (non-hydrogen) atoms. The van der Waals surface area contributed by atoms with Crippen molar-refractivity contribution < 1.29 is 4.74 Å². The first-order valence-corrected chi connectivity index (χ1v) is 12.1. The van der Waals surface area contributed by atoms with E-state index in [4.69, 9.17) is 14.7 Å². The van der Waals surface area contributed by atoms with Gasteiger partial charge in [0, 0.05) is 6.21 Å². The van der Waals surface area contributed by atoms with Crippen LogP contribution < -0.4 is 4.74 Å². The summed E-state index contributed by atoms with van der Waals surface area (Å²) in [7, 11) is 0. The van der Waals surface area contributed by atoms with Crippen LogP contribution in [-0.2, 0) is 6.54 Å². The largest absolute Gasteiger partial charge is 0.494 e. The molecule has 0 spiro atoms. The van der Waals surface area contributed by atoms with E-state index in [0.29, 0.717) is 5.95 Å². The minimum atomic E-state index is 0.712. The smallest absolute Gasteiger partial charge is 0.230 e. The third-order valence-corrected chi connectivity index (χ3v) is 5.79. The zero-order valence-corrected chi connectivity index (χ0v) is 19.5. The Kier molecular flexibility index (Phi) is 8.29. The van der Waals surface area contributed by atoms with Crippen LogP contribution in [0.25, 0.3) is 11.0 Å². The summed E-state index contributed by atoms with van der Waals surface area (Å²) in [6.45, 7) is 3.76. The van der Waals surface area contributed by atoms with Crippen LogP contribution in [0.2, 0.25) is 0 Å². The molecule has 0 unspecified atom stereocenters. The van der Waals surface area contributed by atoms with Crippen molar-refractivity contribution in [1.29, 1.82) is 0 Å². The molecular formula is C29H33N3O. The number of aromatic nitrogens is 2. The highest BCUT2D eigenvalue weighted by Crippen LogP contribution is 2.23. The van der Waals surface area contributed by atoms with E-state index in [0.717, 1.165) is 41.9 Å². The predicted octanol–water partition coefficient (Wildman–Crippen LogP) is 7.57. The lowest BCUT2D eigenvalue weighted by molar-refractivity contribution is 0.304. The molecule has 170 valence electrons. The third kappa shape index (κ3) is 6.55. The summed E-state index contributed by atoms with van der Waals surface area (Å²) in [5.74, 6) is 1.63. The Morgan fingerprint density at radius 2 is 1.55 bits per heavy atom. The number of unbranched alkanes of at least 4 members (excludes halogenated alkanes) is 5. The van der Waals surface area contributed by atoms with Crippen molar-refractivity contribution in [2.24, 2.45) is 4.99 Å². The molecular weight excluding hydrogens is 406 g/mol. The molecule has 0 aliphatic carbocycles. The van der Waals surface area contributed by atoms with Gasteiger partial charge >= 0.3 is 0 Å². The van der Waals surface area contributed by atoms with Gasteiger partial charge in [-0.2, -0.15) is 0 Å². The van der Waals surface area contributed by atoms with Crippen LogP contribution in [0, 0.1) is 0 Å². The van der Waals surface area contributed by atoms with Crippen LogP contribution >= 0.6 is 0 Å². The number of ether oxygens (including phenoxy) is 1. The molecule has 0 saturated carbocycles. The van der Waals surface area contributed by atoms with Crippen LogP contribution in [0.4, 0.5) is 5.95 Å². The van der Waals surface area contributed by atoms with E-state index in [2.05, 4.69) is 41.8 Å². The topological polar surface area (TPSA) is 39.4 Å². The first-order valence-electron chi connectivity index (χ1n) is 12.1. The second-order valence-corrected chi connectivity index (χ2v) is 8.42. The fraction of sp³-hybridized carbons (Fsp3) is 0.310. The second-order valence-electron chi connectivity index (χ2n) is 8.42. The zero-order valence-electron chi connectivity index (χ0n) is 19.5. The number of nitrogens with zero attached hydrogens (tertiary/aromatic N) is 3. The maximum atomic E-state index is 5.89. The fourth-order valence-electron chi connectivity index (χ4n) is 3.94. The fourth-order valence-corrected chi connectivity index (χ4v) is 3.94. The van der Waals surface area contributed by atoms with Crippen molar-refractivity contribution >= 4 is 23.2 Å². The van der Waals surface area contributed by atoms with Crippen molar-refractivity contribution in [3.63, 3.8) is 0 Å². The van der Waals surface area contributed by atoms with Gasteiger partial charge in [-0.25, -0.2) is 9.98 Å². The average Bonchev–Trinajstić information content (AvgIpc) is 3.21. The molecule has 0 aliphatic rings. The van der Waals surface area contributed by atoms with Crippen LogP contribution in [0.5, 0.6) is 5.75 Å². The highest BCUT2D eigenvalue weighted by atomic mass is 16.5. The molecule has 0 saturated heterocycles. The first kappa shape index (κ1) is 22.8. The summed E-state index contributed by atoms with van der Waals surface area (Å²) in [6.07, 6.45) is 9.51. The molecule has 0 N–H and O–H groups in total. The van der Waals surface area contributed by atoms with Gasteiger partial charge in [0.05, 0.1) is 24.2 Å². The quantitative estimate of drug-likeness (QED) is 0.169. The van der Waals surface area contributed by atoms with E-state index in [1.54, 1.807) is 0 Å². The minimum Gasteiger partial charge on any atom is -0.494 e. The number of hydrogen-bond donors (Lipinski definition) is 0. The van der Waals surface area contributed by atoms with E-state index in [1.165, 1.54) is 37.7 Å². The molecule has 4 rings (SSSR count). The van der Waals surface area contributed by atoms with Gasteiger partial charge in [0.15, 0.2) is 0 Å². The summed E-state index contributed by atoms with van der Waals surface area (Å²) in [5.41, 5.74) is 4.30. The Balaban J connectivity index is 1.39. The summed E-state index contributed by atoms with van der Waals surface area (Å²) in [6, 6.07) is 26.7. The van der Waals surface area contributed by atoms with Crippen LogP contribution in [-0.4, -0.2) is 22.4 Å². The third-order valence-electron chi connectivity index (χ3n) is 5.79. The lowest BCUT2D eigenvalue weighted by atomic mass is 10.1. The number of aliphatic imine (C=N–C) groups is 1. The number of para-hydroxylation sites is 2. The highest BCUT2D eigenvalue weighted by molar-refractivity contribution is 5.84. The molecule has 0 atom stereocenters. The van der Waals surface area contributed by atoms with Gasteiger partial charge in [-0.15, -0.1) is 0 Å². The normalized spacial score (nSPS) is 11.4. The van der Waals surface area contributed by atoms with E-state index in [9.17, 15) is 0 Å². The van der Waals surface area contributed by atoms with Crippen LogP contribution in [0.15, 0.2) is 83.9 Å². The summed E-state index contributed by atoms with van der Waals surface area (Å²) < 4.78 is 8.06. The number of rotatable bonds is 12. The molecule has 3 aromatic carbocycles. The standard InChI is InChI=1S/C29H33N3O/c1-2-3-4-5-6-12-21-33-26-19-17-24(18-20-26)22-30-29-31-27-15-10-11-16-28(27)32(29)23-25-13-8-7-9-14-25/h7-11,13-20,22H,2-6,12,21,23H2,1H3/b30-22-. The molecule has 4 nitrogen and oxygen atoms in total. The monoisotopic (exact) mass is 439 g/mol. The number of benzene rings is 3. The molecule has 0 radical (unpaired) electrons. The number of hydrogen-bond acceptors (Lipinski definition) is 3. The van der Waals surface area contributed by atoms with Crippen LogP contribution in [0.3, 0.4) is 0 Å². The van der Waals surface area contributed by atoms with Crippen molar-refractivity contribution in [2.75, 3.05) is 6.61 Å². The van der Waals surface area contributed by atoms with Crippen molar-refractivity contribution in [3.8, 4) is 5.75 Å². The molecule has 4 aromatic rings. The highest BCUT2D eigenvalue weighted by Gasteiger charge is 2.09. The Labute approximate surface area is 197 Å². The second kappa shape index (κ2) is 12.0. The predicted molar refractivity (Wildman–Crippen MR) is 138 cm³/mol. The van der Waals surface area contributed by atoms with E-state index in [-0.39, 0.29) is 0 Å². The summed E-state index contributed by atoms with van der Waals surface area (Å²) in [5, 5.41) is 0. The minimum absolute atomic E-state index is 0.712. The SMILES string of the molecule is CCCCCCCCOc1ccc(/C=N\c2nc3ccccc3n2Cc2ccccc2)cc1. The Morgan fingerprint density at radius 3 is 2.36 bits per heavy atom. The number of imidazole rings is 1. The summed E-state index contributed by atoms with van der Waals surface area (Å²) in [4.78, 5) is 9.49. The van der Waals surface area contributed by atoms with Gasteiger partial charge in [0.2, 0.25) is 5.95 Å². The lowest BCUT2D eigenvalue weighted by Crippen LogP contribution is -1.99. The average molecular weight is 440 g/mol. The van der Waals surface area contributed by atoms with E-state index >= 15 is 0 Å². The van der Waals surface area contributed by atoms with Gasteiger partial charge in [-0.1, -0.05) is 81.5 Å². The Hall–Kier alpha value is -3.40. The van der Waals surface area contributed by atoms with Gasteiger partial charge < -0.3 is 9.30 Å². The molecule has 0 fully saturated rings. The van der Waals surface area contributed by atoms with Crippen molar-refractivity contribution in [2.45, 2.75) is 52.0 Å². The van der Waals surface area contributed by atoms with E-state index < -0.39 is 0 Å². The first-order chi connectivity index (χ1) is 16.3. The van der Waals surface area contributed by atoms with Crippen molar-refractivity contribution in [1.82, 2.24) is 9.55 Å². The van der Waals surface area contributed by atoms with Crippen molar-refractivity contribution in [3.05, 3.63) is 90.0 Å². The molecule has 1 heterocycles. The zero-order chi connectivity index (χ0) is 22.7. The van der Waals surface area contributed by atoms with Gasteiger partial charge in [-0.3, -0.25) is 0 Å². The molecule has 0 amide bonds. The molecule has 0 bridgehead atoms. The molecule has 4 heteroatoms. The van der Waals surface area contributed by atoms with Crippen LogP contribution in [0.1, 0.15) is 56.6 Å². The molecule has 1 aromatic heterocycles.